The highest BCUT2D eigenvalue weighted by atomic mass is 16.1. The third-order valence-electron chi connectivity index (χ3n) is 2.55. The maximum atomic E-state index is 11.2. The van der Waals surface area contributed by atoms with Gasteiger partial charge in [-0.25, -0.2) is 0 Å². The van der Waals surface area contributed by atoms with Gasteiger partial charge in [0.05, 0.1) is 0 Å². The van der Waals surface area contributed by atoms with E-state index in [4.69, 9.17) is 0 Å². The van der Waals surface area contributed by atoms with Crippen LogP contribution in [0.25, 0.3) is 11.1 Å². The van der Waals surface area contributed by atoms with Crippen LogP contribution in [0.5, 0.6) is 0 Å². The second-order valence-electron chi connectivity index (χ2n) is 3.72. The molecule has 2 rings (SSSR count). The van der Waals surface area contributed by atoms with Crippen LogP contribution in [0.2, 0.25) is 0 Å². The van der Waals surface area contributed by atoms with Crippen molar-refractivity contribution in [3.8, 4) is 11.1 Å². The first-order chi connectivity index (χ1) is 7.18. The van der Waals surface area contributed by atoms with Crippen molar-refractivity contribution in [1.82, 2.24) is 4.98 Å². The highest BCUT2D eigenvalue weighted by Crippen LogP contribution is 2.21. The van der Waals surface area contributed by atoms with Crippen LogP contribution >= 0.6 is 0 Å². The number of aromatic amines is 1. The summed E-state index contributed by atoms with van der Waals surface area (Å²) in [4.78, 5) is 14.0. The van der Waals surface area contributed by atoms with E-state index in [1.54, 1.807) is 6.20 Å². The SMILES string of the molecule is Cc1ccccc1-c1c[nH]c(=O)c(C)c1. The molecule has 0 bridgehead atoms. The molecule has 1 heterocycles. The van der Waals surface area contributed by atoms with E-state index in [-0.39, 0.29) is 5.56 Å². The molecule has 1 aromatic heterocycles. The Bertz CT molecular complexity index is 540. The fraction of sp³-hybridized carbons (Fsp3) is 0.154. The van der Waals surface area contributed by atoms with Gasteiger partial charge in [0, 0.05) is 11.8 Å². The maximum absolute atomic E-state index is 11.2. The highest BCUT2D eigenvalue weighted by molar-refractivity contribution is 5.66. The fourth-order valence-corrected chi connectivity index (χ4v) is 1.65. The number of H-pyrrole nitrogens is 1. The lowest BCUT2D eigenvalue weighted by Gasteiger charge is -2.05. The van der Waals surface area contributed by atoms with Crippen molar-refractivity contribution < 1.29 is 0 Å². The molecule has 0 amide bonds. The highest BCUT2D eigenvalue weighted by Gasteiger charge is 2.02. The largest absolute Gasteiger partial charge is 0.328 e. The monoisotopic (exact) mass is 199 g/mol. The van der Waals surface area contributed by atoms with Gasteiger partial charge in [-0.05, 0) is 36.6 Å². The van der Waals surface area contributed by atoms with E-state index in [0.29, 0.717) is 0 Å². The minimum Gasteiger partial charge on any atom is -0.328 e. The van der Waals surface area contributed by atoms with Gasteiger partial charge in [-0.2, -0.15) is 0 Å². The lowest BCUT2D eigenvalue weighted by molar-refractivity contribution is 1.18. The summed E-state index contributed by atoms with van der Waals surface area (Å²) in [6.07, 6.45) is 1.76. The third-order valence-corrected chi connectivity index (χ3v) is 2.55. The Morgan fingerprint density at radius 1 is 1.07 bits per heavy atom. The van der Waals surface area contributed by atoms with Crippen LogP contribution in [-0.4, -0.2) is 4.98 Å². The summed E-state index contributed by atoms with van der Waals surface area (Å²) in [5, 5.41) is 0. The molecule has 1 aromatic carbocycles. The average Bonchev–Trinajstić information content (AvgIpc) is 2.23. The van der Waals surface area contributed by atoms with Crippen LogP contribution in [-0.2, 0) is 0 Å². The maximum Gasteiger partial charge on any atom is 0.250 e. The second kappa shape index (κ2) is 3.73. The zero-order valence-corrected chi connectivity index (χ0v) is 8.87. The average molecular weight is 199 g/mol. The molecule has 2 aromatic rings. The quantitative estimate of drug-likeness (QED) is 0.752. The lowest BCUT2D eigenvalue weighted by Crippen LogP contribution is -2.07. The summed E-state index contributed by atoms with van der Waals surface area (Å²) >= 11 is 0. The summed E-state index contributed by atoms with van der Waals surface area (Å²) < 4.78 is 0. The number of benzene rings is 1. The zero-order valence-electron chi connectivity index (χ0n) is 8.87. The number of aromatic nitrogens is 1. The smallest absolute Gasteiger partial charge is 0.250 e. The Kier molecular flexibility index (Phi) is 2.42. The van der Waals surface area contributed by atoms with Crippen molar-refractivity contribution in [3.05, 3.63) is 58.0 Å². The standard InChI is InChI=1S/C13H13NO/c1-9-5-3-4-6-12(9)11-7-10(2)13(15)14-8-11/h3-8H,1-2H3,(H,14,15). The van der Waals surface area contributed by atoms with E-state index in [1.165, 1.54) is 5.56 Å². The molecule has 0 fully saturated rings. The molecule has 15 heavy (non-hydrogen) atoms. The van der Waals surface area contributed by atoms with Crippen molar-refractivity contribution in [2.24, 2.45) is 0 Å². The van der Waals surface area contributed by atoms with Crippen LogP contribution in [0.1, 0.15) is 11.1 Å². The topological polar surface area (TPSA) is 32.9 Å². The van der Waals surface area contributed by atoms with Crippen molar-refractivity contribution >= 4 is 0 Å². The van der Waals surface area contributed by atoms with Gasteiger partial charge >= 0.3 is 0 Å². The van der Waals surface area contributed by atoms with Gasteiger partial charge in [0.15, 0.2) is 0 Å². The number of hydrogen-bond donors (Lipinski definition) is 1. The summed E-state index contributed by atoms with van der Waals surface area (Å²) in [6.45, 7) is 3.89. The van der Waals surface area contributed by atoms with Gasteiger partial charge < -0.3 is 4.98 Å². The minimum absolute atomic E-state index is 0.0210. The first-order valence-corrected chi connectivity index (χ1v) is 4.94. The van der Waals surface area contributed by atoms with E-state index >= 15 is 0 Å². The number of pyridine rings is 1. The molecule has 76 valence electrons. The first kappa shape index (κ1) is 9.71. The van der Waals surface area contributed by atoms with E-state index in [9.17, 15) is 4.79 Å². The summed E-state index contributed by atoms with van der Waals surface area (Å²) in [5.74, 6) is 0. The van der Waals surface area contributed by atoms with Gasteiger partial charge in [-0.15, -0.1) is 0 Å². The predicted octanol–water partition coefficient (Wildman–Crippen LogP) is 2.66. The van der Waals surface area contributed by atoms with Crippen molar-refractivity contribution in [3.63, 3.8) is 0 Å². The fourth-order valence-electron chi connectivity index (χ4n) is 1.65. The van der Waals surface area contributed by atoms with Gasteiger partial charge in [0.2, 0.25) is 0 Å². The van der Waals surface area contributed by atoms with E-state index < -0.39 is 0 Å². The zero-order chi connectivity index (χ0) is 10.8. The third kappa shape index (κ3) is 1.84. The van der Waals surface area contributed by atoms with Gasteiger partial charge in [-0.3, -0.25) is 4.79 Å². The Labute approximate surface area is 88.6 Å². The molecule has 0 atom stereocenters. The molecule has 0 aliphatic rings. The van der Waals surface area contributed by atoms with Crippen LogP contribution in [0.15, 0.2) is 41.3 Å². The second-order valence-corrected chi connectivity index (χ2v) is 3.72. The molecule has 2 nitrogen and oxygen atoms in total. The molecule has 0 aliphatic heterocycles. The minimum atomic E-state index is -0.0210. The van der Waals surface area contributed by atoms with Crippen molar-refractivity contribution in [2.45, 2.75) is 13.8 Å². The van der Waals surface area contributed by atoms with Gasteiger partial charge in [-0.1, -0.05) is 24.3 Å². The number of aryl methyl sites for hydroxylation is 2. The van der Waals surface area contributed by atoms with E-state index in [1.807, 2.05) is 25.1 Å². The Morgan fingerprint density at radius 2 is 1.80 bits per heavy atom. The summed E-state index contributed by atoms with van der Waals surface area (Å²) in [5.41, 5.74) is 4.16. The van der Waals surface area contributed by atoms with E-state index in [0.717, 1.165) is 16.7 Å². The van der Waals surface area contributed by atoms with Crippen molar-refractivity contribution in [2.75, 3.05) is 0 Å². The molecule has 1 N–H and O–H groups in total. The number of rotatable bonds is 1. The van der Waals surface area contributed by atoms with Gasteiger partial charge in [0.1, 0.15) is 0 Å². The Morgan fingerprint density at radius 3 is 2.47 bits per heavy atom. The lowest BCUT2D eigenvalue weighted by atomic mass is 10.0. The summed E-state index contributed by atoms with van der Waals surface area (Å²) in [7, 11) is 0. The molecule has 0 unspecified atom stereocenters. The predicted molar refractivity (Wildman–Crippen MR) is 62.0 cm³/mol. The van der Waals surface area contributed by atoms with Crippen LogP contribution in [0.4, 0.5) is 0 Å². The Hall–Kier alpha value is -1.83. The first-order valence-electron chi connectivity index (χ1n) is 4.94. The van der Waals surface area contributed by atoms with E-state index in [2.05, 4.69) is 24.0 Å². The molecular formula is C13H13NO. The van der Waals surface area contributed by atoms with Gasteiger partial charge in [0.25, 0.3) is 5.56 Å². The number of hydrogen-bond acceptors (Lipinski definition) is 1. The molecule has 0 saturated carbocycles. The molecule has 0 aliphatic carbocycles. The van der Waals surface area contributed by atoms with Crippen LogP contribution in [0.3, 0.4) is 0 Å². The molecule has 0 radical (unpaired) electrons. The number of nitrogens with one attached hydrogen (secondary N) is 1. The normalized spacial score (nSPS) is 10.3. The summed E-state index contributed by atoms with van der Waals surface area (Å²) in [6, 6.07) is 10.1. The van der Waals surface area contributed by atoms with Crippen LogP contribution in [0, 0.1) is 13.8 Å². The Balaban J connectivity index is 2.60. The molecule has 2 heteroatoms. The van der Waals surface area contributed by atoms with Crippen molar-refractivity contribution in [1.29, 1.82) is 0 Å². The van der Waals surface area contributed by atoms with Crippen LogP contribution < -0.4 is 5.56 Å². The molecule has 0 saturated heterocycles. The molecular weight excluding hydrogens is 186 g/mol. The molecule has 0 spiro atoms.